The number of halogens is 1. The molecule has 18 heavy (non-hydrogen) atoms. The summed E-state index contributed by atoms with van der Waals surface area (Å²) >= 11 is 0. The average molecular weight is 367 g/mol. The molecule has 1 aliphatic rings. The van der Waals surface area contributed by atoms with Gasteiger partial charge in [0.25, 0.3) is 0 Å². The predicted octanol–water partition coefficient (Wildman–Crippen LogP) is 3.40. The molecule has 0 unspecified atom stereocenters. The van der Waals surface area contributed by atoms with E-state index in [1.807, 2.05) is 7.05 Å². The molecule has 1 saturated carbocycles. The van der Waals surface area contributed by atoms with E-state index in [2.05, 4.69) is 36.4 Å². The molecule has 0 radical (unpaired) electrons. The van der Waals surface area contributed by atoms with E-state index < -0.39 is 0 Å². The highest BCUT2D eigenvalue weighted by Crippen LogP contribution is 2.42. The van der Waals surface area contributed by atoms with Gasteiger partial charge in [-0.15, -0.1) is 24.0 Å². The van der Waals surface area contributed by atoms with Gasteiger partial charge in [-0.3, -0.25) is 4.99 Å². The molecule has 0 aliphatic heterocycles. The van der Waals surface area contributed by atoms with E-state index in [1.165, 1.54) is 32.1 Å². The second kappa shape index (κ2) is 8.99. The van der Waals surface area contributed by atoms with Gasteiger partial charge in [0.15, 0.2) is 5.96 Å². The molecule has 0 amide bonds. The van der Waals surface area contributed by atoms with Crippen LogP contribution >= 0.6 is 24.0 Å². The molecule has 3 nitrogen and oxygen atoms in total. The maximum atomic E-state index is 4.28. The highest BCUT2D eigenvalue weighted by molar-refractivity contribution is 14.0. The van der Waals surface area contributed by atoms with Crippen molar-refractivity contribution in [2.45, 2.75) is 52.9 Å². The van der Waals surface area contributed by atoms with Crippen molar-refractivity contribution in [3.63, 3.8) is 0 Å². The van der Waals surface area contributed by atoms with Crippen LogP contribution in [0.15, 0.2) is 4.99 Å². The number of nitrogens with zero attached hydrogens (tertiary/aromatic N) is 1. The Bertz CT molecular complexity index is 242. The van der Waals surface area contributed by atoms with Crippen molar-refractivity contribution in [3.8, 4) is 0 Å². The standard InChI is InChI=1S/C14H29N3.HI/c1-5-14(8-6-9-14)11-17-13(15-4)16-10-7-12(2)3;/h12H,5-11H2,1-4H3,(H2,15,16,17);1H. The van der Waals surface area contributed by atoms with Gasteiger partial charge < -0.3 is 10.6 Å². The number of rotatable bonds is 6. The van der Waals surface area contributed by atoms with Gasteiger partial charge in [-0.05, 0) is 37.0 Å². The molecular weight excluding hydrogens is 337 g/mol. The largest absolute Gasteiger partial charge is 0.356 e. The topological polar surface area (TPSA) is 36.4 Å². The number of hydrogen-bond acceptors (Lipinski definition) is 1. The van der Waals surface area contributed by atoms with Gasteiger partial charge in [-0.1, -0.05) is 27.2 Å². The summed E-state index contributed by atoms with van der Waals surface area (Å²) in [7, 11) is 1.85. The van der Waals surface area contributed by atoms with Gasteiger partial charge in [0.2, 0.25) is 0 Å². The maximum Gasteiger partial charge on any atom is 0.190 e. The van der Waals surface area contributed by atoms with Crippen LogP contribution in [0.5, 0.6) is 0 Å². The lowest BCUT2D eigenvalue weighted by atomic mass is 9.67. The SMILES string of the molecule is CCC1(CNC(=NC)NCCC(C)C)CCC1.I. The Morgan fingerprint density at radius 1 is 1.28 bits per heavy atom. The van der Waals surface area contributed by atoms with Crippen LogP contribution in [0.2, 0.25) is 0 Å². The fourth-order valence-corrected chi connectivity index (χ4v) is 2.30. The molecule has 0 atom stereocenters. The quantitative estimate of drug-likeness (QED) is 0.429. The van der Waals surface area contributed by atoms with Crippen molar-refractivity contribution in [3.05, 3.63) is 0 Å². The molecule has 2 N–H and O–H groups in total. The maximum absolute atomic E-state index is 4.28. The summed E-state index contributed by atoms with van der Waals surface area (Å²) in [5.74, 6) is 1.71. The molecule has 108 valence electrons. The van der Waals surface area contributed by atoms with Gasteiger partial charge in [0, 0.05) is 20.1 Å². The summed E-state index contributed by atoms with van der Waals surface area (Å²) < 4.78 is 0. The Morgan fingerprint density at radius 3 is 2.33 bits per heavy atom. The lowest BCUT2D eigenvalue weighted by molar-refractivity contribution is 0.131. The van der Waals surface area contributed by atoms with Crippen molar-refractivity contribution < 1.29 is 0 Å². The first-order chi connectivity index (χ1) is 8.12. The van der Waals surface area contributed by atoms with E-state index in [4.69, 9.17) is 0 Å². The fraction of sp³-hybridized carbons (Fsp3) is 0.929. The molecule has 0 aromatic rings. The smallest absolute Gasteiger partial charge is 0.190 e. The molecule has 0 saturated heterocycles. The van der Waals surface area contributed by atoms with Crippen LogP contribution < -0.4 is 10.6 Å². The Balaban J connectivity index is 0.00000289. The molecule has 0 heterocycles. The van der Waals surface area contributed by atoms with Crippen LogP contribution in [-0.2, 0) is 0 Å². The molecule has 4 heteroatoms. The van der Waals surface area contributed by atoms with Crippen molar-refractivity contribution in [2.24, 2.45) is 16.3 Å². The van der Waals surface area contributed by atoms with E-state index in [1.54, 1.807) is 0 Å². The van der Waals surface area contributed by atoms with Crippen LogP contribution in [0, 0.1) is 11.3 Å². The van der Waals surface area contributed by atoms with Crippen LogP contribution in [0.3, 0.4) is 0 Å². The van der Waals surface area contributed by atoms with Gasteiger partial charge in [0.1, 0.15) is 0 Å². The van der Waals surface area contributed by atoms with Crippen molar-refractivity contribution in [2.75, 3.05) is 20.1 Å². The first-order valence-electron chi connectivity index (χ1n) is 7.06. The van der Waals surface area contributed by atoms with Crippen LogP contribution in [0.1, 0.15) is 52.9 Å². The third-order valence-corrected chi connectivity index (χ3v) is 4.03. The zero-order valence-corrected chi connectivity index (χ0v) is 14.7. The summed E-state index contributed by atoms with van der Waals surface area (Å²) in [6.45, 7) is 8.88. The average Bonchev–Trinajstić information content (AvgIpc) is 2.25. The number of nitrogens with one attached hydrogen (secondary N) is 2. The normalized spacial score (nSPS) is 17.9. The first-order valence-corrected chi connectivity index (χ1v) is 7.06. The molecule has 0 bridgehead atoms. The predicted molar refractivity (Wildman–Crippen MR) is 90.8 cm³/mol. The van der Waals surface area contributed by atoms with E-state index in [9.17, 15) is 0 Å². The molecule has 0 spiro atoms. The summed E-state index contributed by atoms with van der Waals surface area (Å²) in [5, 5.41) is 6.86. The van der Waals surface area contributed by atoms with Crippen LogP contribution in [0.4, 0.5) is 0 Å². The molecular formula is C14H30IN3. The Kier molecular flexibility index (Phi) is 8.99. The summed E-state index contributed by atoms with van der Waals surface area (Å²) in [4.78, 5) is 4.28. The summed E-state index contributed by atoms with van der Waals surface area (Å²) in [5.41, 5.74) is 0.551. The van der Waals surface area contributed by atoms with Crippen LogP contribution in [-0.4, -0.2) is 26.1 Å². The number of guanidine groups is 1. The Morgan fingerprint density at radius 2 is 1.94 bits per heavy atom. The van der Waals surface area contributed by atoms with Gasteiger partial charge in [-0.2, -0.15) is 0 Å². The van der Waals surface area contributed by atoms with E-state index >= 15 is 0 Å². The van der Waals surface area contributed by atoms with Crippen molar-refractivity contribution in [1.29, 1.82) is 0 Å². The number of aliphatic imine (C=N–C) groups is 1. The van der Waals surface area contributed by atoms with Crippen molar-refractivity contribution >= 4 is 29.9 Å². The van der Waals surface area contributed by atoms with Crippen LogP contribution in [0.25, 0.3) is 0 Å². The van der Waals surface area contributed by atoms with Gasteiger partial charge in [0.05, 0.1) is 0 Å². The third kappa shape index (κ3) is 5.76. The fourth-order valence-electron chi connectivity index (χ4n) is 2.30. The molecule has 0 aromatic heterocycles. The van der Waals surface area contributed by atoms with Gasteiger partial charge >= 0.3 is 0 Å². The minimum atomic E-state index is 0. The van der Waals surface area contributed by atoms with E-state index in [-0.39, 0.29) is 24.0 Å². The lowest BCUT2D eigenvalue weighted by Crippen LogP contribution is -2.46. The molecule has 0 aromatic carbocycles. The highest BCUT2D eigenvalue weighted by atomic mass is 127. The Labute approximate surface area is 130 Å². The second-order valence-electron chi connectivity index (χ2n) is 5.74. The monoisotopic (exact) mass is 367 g/mol. The summed E-state index contributed by atoms with van der Waals surface area (Å²) in [6.07, 6.45) is 6.62. The highest BCUT2D eigenvalue weighted by Gasteiger charge is 2.34. The van der Waals surface area contributed by atoms with Crippen molar-refractivity contribution in [1.82, 2.24) is 10.6 Å². The van der Waals surface area contributed by atoms with E-state index in [0.717, 1.165) is 25.0 Å². The minimum absolute atomic E-state index is 0. The molecule has 1 fully saturated rings. The van der Waals surface area contributed by atoms with E-state index in [0.29, 0.717) is 5.41 Å². The molecule has 1 rings (SSSR count). The second-order valence-corrected chi connectivity index (χ2v) is 5.74. The lowest BCUT2D eigenvalue weighted by Gasteiger charge is -2.41. The zero-order chi connectivity index (χ0) is 12.7. The number of hydrogen-bond donors (Lipinski definition) is 2. The third-order valence-electron chi connectivity index (χ3n) is 4.03. The zero-order valence-electron chi connectivity index (χ0n) is 12.4. The summed E-state index contributed by atoms with van der Waals surface area (Å²) in [6, 6.07) is 0. The Hall–Kier alpha value is 0. The first kappa shape index (κ1) is 18.0. The minimum Gasteiger partial charge on any atom is -0.356 e. The van der Waals surface area contributed by atoms with Gasteiger partial charge in [-0.25, -0.2) is 0 Å². The molecule has 1 aliphatic carbocycles.